The topological polar surface area (TPSA) is 102 Å². The van der Waals surface area contributed by atoms with Crippen LogP contribution in [0.2, 0.25) is 0 Å². The Morgan fingerprint density at radius 1 is 1.13 bits per heavy atom. The monoisotopic (exact) mass is 564 g/mol. The van der Waals surface area contributed by atoms with Crippen molar-refractivity contribution < 1.29 is 18.7 Å². The predicted octanol–water partition coefficient (Wildman–Crippen LogP) is 4.42. The molecule has 3 heterocycles. The van der Waals surface area contributed by atoms with Crippen molar-refractivity contribution >= 4 is 40.6 Å². The van der Waals surface area contributed by atoms with Crippen molar-refractivity contribution in [3.8, 4) is 5.75 Å². The van der Waals surface area contributed by atoms with Gasteiger partial charge in [0.05, 0.1) is 36.0 Å². The van der Waals surface area contributed by atoms with Gasteiger partial charge in [-0.1, -0.05) is 30.0 Å². The molecule has 39 heavy (non-hydrogen) atoms. The Kier molecular flexibility index (Phi) is 8.03. The fourth-order valence-electron chi connectivity index (χ4n) is 4.11. The second kappa shape index (κ2) is 11.8. The van der Waals surface area contributed by atoms with Gasteiger partial charge in [0.15, 0.2) is 11.0 Å². The van der Waals surface area contributed by atoms with Gasteiger partial charge in [-0.05, 0) is 59.0 Å². The third-order valence-electron chi connectivity index (χ3n) is 6.25. The van der Waals surface area contributed by atoms with Crippen LogP contribution in [-0.2, 0) is 18.4 Å². The van der Waals surface area contributed by atoms with E-state index in [1.165, 1.54) is 40.2 Å². The number of carbonyl (C=O) groups excluding carboxylic acids is 2. The molecule has 0 unspecified atom stereocenters. The zero-order chi connectivity index (χ0) is 27.4. The largest absolute Gasteiger partial charge is 0.497 e. The number of nitrogens with zero attached hydrogens (tertiary/aromatic N) is 5. The van der Waals surface area contributed by atoms with Crippen LogP contribution in [0.25, 0.3) is 0 Å². The van der Waals surface area contributed by atoms with E-state index in [1.807, 2.05) is 35.7 Å². The molecule has 0 saturated heterocycles. The van der Waals surface area contributed by atoms with Gasteiger partial charge in [0.2, 0.25) is 0 Å². The number of thioether (sulfide) groups is 1. The SMILES string of the molecule is COc1ccc(C2=NN(C(=O)CSc3nnc(CNC(=O)c4cccs4)n3C)[C@@H](c3ccc(F)cc3)C2)cc1. The van der Waals surface area contributed by atoms with Gasteiger partial charge in [-0.3, -0.25) is 9.59 Å². The molecule has 0 bridgehead atoms. The van der Waals surface area contributed by atoms with Crippen molar-refractivity contribution in [2.45, 2.75) is 24.2 Å². The van der Waals surface area contributed by atoms with Crippen molar-refractivity contribution in [3.05, 3.63) is 93.7 Å². The van der Waals surface area contributed by atoms with Gasteiger partial charge in [-0.15, -0.1) is 21.5 Å². The maximum atomic E-state index is 13.6. The normalized spacial score (nSPS) is 14.8. The molecule has 1 atom stereocenters. The Balaban J connectivity index is 1.28. The van der Waals surface area contributed by atoms with Gasteiger partial charge in [-0.25, -0.2) is 9.40 Å². The molecule has 0 saturated carbocycles. The number of benzene rings is 2. The molecule has 9 nitrogen and oxygen atoms in total. The average Bonchev–Trinajstić information content (AvgIpc) is 3.72. The molecule has 5 rings (SSSR count). The molecule has 0 aliphatic carbocycles. The zero-order valence-corrected chi connectivity index (χ0v) is 22.8. The number of amides is 2. The van der Waals surface area contributed by atoms with Gasteiger partial charge < -0.3 is 14.6 Å². The first-order valence-corrected chi connectivity index (χ1v) is 13.9. The molecule has 200 valence electrons. The highest BCUT2D eigenvalue weighted by atomic mass is 32.2. The number of hydrazone groups is 1. The fraction of sp³-hybridized carbons (Fsp3) is 0.222. The van der Waals surface area contributed by atoms with E-state index in [0.717, 1.165) is 22.6 Å². The lowest BCUT2D eigenvalue weighted by Gasteiger charge is -2.22. The summed E-state index contributed by atoms with van der Waals surface area (Å²) in [6, 6.07) is 16.8. The zero-order valence-electron chi connectivity index (χ0n) is 21.2. The van der Waals surface area contributed by atoms with Crippen molar-refractivity contribution in [2.75, 3.05) is 12.9 Å². The highest BCUT2D eigenvalue weighted by Gasteiger charge is 2.33. The number of thiophene rings is 1. The first-order valence-electron chi connectivity index (χ1n) is 12.0. The van der Waals surface area contributed by atoms with E-state index in [2.05, 4.69) is 20.6 Å². The average molecular weight is 565 g/mol. The summed E-state index contributed by atoms with van der Waals surface area (Å²) < 4.78 is 20.6. The fourth-order valence-corrected chi connectivity index (χ4v) is 5.54. The number of carbonyl (C=O) groups is 2. The number of ether oxygens (including phenoxy) is 1. The second-order valence-electron chi connectivity index (χ2n) is 8.69. The minimum atomic E-state index is -0.363. The number of halogens is 1. The Bertz CT molecular complexity index is 1490. The summed E-state index contributed by atoms with van der Waals surface area (Å²) in [4.78, 5) is 26.3. The molecule has 4 aromatic rings. The van der Waals surface area contributed by atoms with E-state index < -0.39 is 0 Å². The van der Waals surface area contributed by atoms with Crippen LogP contribution in [0.3, 0.4) is 0 Å². The van der Waals surface area contributed by atoms with E-state index in [1.54, 1.807) is 36.9 Å². The number of methoxy groups -OCH3 is 1. The van der Waals surface area contributed by atoms with Crippen LogP contribution in [0.1, 0.15) is 39.1 Å². The number of hydrogen-bond acceptors (Lipinski definition) is 8. The Labute approximate surface area is 232 Å². The summed E-state index contributed by atoms with van der Waals surface area (Å²) in [6.45, 7) is 0.211. The molecular weight excluding hydrogens is 539 g/mol. The van der Waals surface area contributed by atoms with Gasteiger partial charge in [0.25, 0.3) is 11.8 Å². The maximum absolute atomic E-state index is 13.6. The molecule has 12 heteroatoms. The van der Waals surface area contributed by atoms with Gasteiger partial charge >= 0.3 is 0 Å². The third-order valence-corrected chi connectivity index (χ3v) is 8.12. The van der Waals surface area contributed by atoms with Crippen molar-refractivity contribution in [3.63, 3.8) is 0 Å². The summed E-state index contributed by atoms with van der Waals surface area (Å²) in [5, 5.41) is 19.7. The first kappa shape index (κ1) is 26.6. The molecular formula is C27H25FN6O3S2. The minimum absolute atomic E-state index is 0.0740. The first-order chi connectivity index (χ1) is 18.9. The standard InChI is InChI=1S/C27H25FN6O3S2/c1-33-24(15-29-26(36)23-4-3-13-38-23)30-31-27(33)39-16-25(35)34-22(18-5-9-19(28)10-6-18)14-21(32-34)17-7-11-20(37-2)12-8-17/h3-13,22H,14-16H2,1-2H3,(H,29,36)/t22-/m1/s1. The predicted molar refractivity (Wildman–Crippen MR) is 147 cm³/mol. The Hall–Kier alpha value is -4.03. The Morgan fingerprint density at radius 2 is 1.90 bits per heavy atom. The van der Waals surface area contributed by atoms with Crippen LogP contribution in [0.5, 0.6) is 5.75 Å². The number of nitrogens with one attached hydrogen (secondary N) is 1. The summed E-state index contributed by atoms with van der Waals surface area (Å²) in [7, 11) is 3.39. The minimum Gasteiger partial charge on any atom is -0.497 e. The van der Waals surface area contributed by atoms with E-state index >= 15 is 0 Å². The van der Waals surface area contributed by atoms with Crippen LogP contribution in [-0.4, -0.2) is 50.2 Å². The molecule has 2 amide bonds. The lowest BCUT2D eigenvalue weighted by atomic mass is 9.98. The van der Waals surface area contributed by atoms with E-state index in [4.69, 9.17) is 4.74 Å². The highest BCUT2D eigenvalue weighted by Crippen LogP contribution is 2.34. The highest BCUT2D eigenvalue weighted by molar-refractivity contribution is 7.99. The van der Waals surface area contributed by atoms with Crippen molar-refractivity contribution in [2.24, 2.45) is 12.1 Å². The summed E-state index contributed by atoms with van der Waals surface area (Å²) in [6.07, 6.45) is 0.492. The summed E-state index contributed by atoms with van der Waals surface area (Å²) in [5.41, 5.74) is 2.44. The Morgan fingerprint density at radius 3 is 2.59 bits per heavy atom. The quantitative estimate of drug-likeness (QED) is 0.302. The number of aromatic nitrogens is 3. The lowest BCUT2D eigenvalue weighted by Crippen LogP contribution is -2.28. The van der Waals surface area contributed by atoms with Gasteiger partial charge in [-0.2, -0.15) is 5.10 Å². The molecule has 1 aliphatic heterocycles. The number of rotatable bonds is 9. The molecule has 0 radical (unpaired) electrons. The molecule has 1 aliphatic rings. The number of hydrogen-bond donors (Lipinski definition) is 1. The second-order valence-corrected chi connectivity index (χ2v) is 10.6. The van der Waals surface area contributed by atoms with E-state index in [-0.39, 0.29) is 36.0 Å². The van der Waals surface area contributed by atoms with Crippen LogP contribution < -0.4 is 10.1 Å². The van der Waals surface area contributed by atoms with Crippen LogP contribution in [0, 0.1) is 5.82 Å². The van der Waals surface area contributed by atoms with E-state index in [9.17, 15) is 14.0 Å². The van der Waals surface area contributed by atoms with Crippen molar-refractivity contribution in [1.29, 1.82) is 0 Å². The molecule has 2 aromatic carbocycles. The van der Waals surface area contributed by atoms with Crippen molar-refractivity contribution in [1.82, 2.24) is 25.1 Å². The van der Waals surface area contributed by atoms with Gasteiger partial charge in [0.1, 0.15) is 11.6 Å². The molecule has 0 fully saturated rings. The summed E-state index contributed by atoms with van der Waals surface area (Å²) >= 11 is 2.60. The maximum Gasteiger partial charge on any atom is 0.261 e. The summed E-state index contributed by atoms with van der Waals surface area (Å²) in [5.74, 6) is 0.638. The van der Waals surface area contributed by atoms with Crippen LogP contribution in [0.15, 0.2) is 76.3 Å². The lowest BCUT2D eigenvalue weighted by molar-refractivity contribution is -0.130. The smallest absolute Gasteiger partial charge is 0.261 e. The molecule has 1 N–H and O–H groups in total. The van der Waals surface area contributed by atoms with E-state index in [0.29, 0.717) is 22.3 Å². The molecule has 2 aromatic heterocycles. The molecule has 0 spiro atoms. The van der Waals surface area contributed by atoms with Gasteiger partial charge in [0, 0.05) is 13.5 Å². The van der Waals surface area contributed by atoms with Crippen LogP contribution in [0.4, 0.5) is 4.39 Å². The third kappa shape index (κ3) is 6.02. The van der Waals surface area contributed by atoms with Crippen LogP contribution >= 0.6 is 23.1 Å².